The molecule has 2 aromatic carbocycles. The number of carbonyl (C=O) groups is 1. The highest BCUT2D eigenvalue weighted by molar-refractivity contribution is 7.99. The average molecular weight is 390 g/mol. The maximum absolute atomic E-state index is 12.2. The quantitative estimate of drug-likeness (QED) is 0.497. The number of aromatic nitrogens is 3. The van der Waals surface area contributed by atoms with Gasteiger partial charge in [-0.2, -0.15) is 0 Å². The zero-order chi connectivity index (χ0) is 18.5. The van der Waals surface area contributed by atoms with Crippen molar-refractivity contribution in [3.63, 3.8) is 0 Å². The maximum Gasteiger partial charge on any atom is 0.234 e. The summed E-state index contributed by atoms with van der Waals surface area (Å²) >= 11 is 7.08. The molecule has 3 N–H and O–H groups in total. The Kier molecular flexibility index (Phi) is 5.65. The third-order valence-corrected chi connectivity index (χ3v) is 4.68. The van der Waals surface area contributed by atoms with E-state index in [9.17, 15) is 4.79 Å². The number of carbonyl (C=O) groups excluding carboxylic acids is 1. The molecule has 0 bridgehead atoms. The SMILES string of the molecule is COc1ccccc1NC(=O)CSc1nnc(-c2ccc(Cl)cc2)n1N. The summed E-state index contributed by atoms with van der Waals surface area (Å²) < 4.78 is 6.56. The number of benzene rings is 2. The molecule has 0 aliphatic heterocycles. The van der Waals surface area contributed by atoms with Crippen LogP contribution in [0.3, 0.4) is 0 Å². The van der Waals surface area contributed by atoms with Crippen LogP contribution in [-0.4, -0.2) is 33.6 Å². The molecule has 0 radical (unpaired) electrons. The number of nitrogens with zero attached hydrogens (tertiary/aromatic N) is 3. The van der Waals surface area contributed by atoms with Gasteiger partial charge in [0, 0.05) is 10.6 Å². The Morgan fingerprint density at radius 3 is 2.69 bits per heavy atom. The molecule has 0 spiro atoms. The minimum Gasteiger partial charge on any atom is -0.495 e. The first-order chi connectivity index (χ1) is 12.6. The molecule has 3 aromatic rings. The van der Waals surface area contributed by atoms with E-state index in [1.807, 2.05) is 12.1 Å². The maximum atomic E-state index is 12.2. The zero-order valence-corrected chi connectivity index (χ0v) is 15.4. The lowest BCUT2D eigenvalue weighted by Gasteiger charge is -2.09. The smallest absolute Gasteiger partial charge is 0.234 e. The van der Waals surface area contributed by atoms with Gasteiger partial charge in [0.1, 0.15) is 5.75 Å². The number of hydrogen-bond donors (Lipinski definition) is 2. The molecule has 7 nitrogen and oxygen atoms in total. The second-order valence-electron chi connectivity index (χ2n) is 5.22. The van der Waals surface area contributed by atoms with Gasteiger partial charge in [0.25, 0.3) is 0 Å². The highest BCUT2D eigenvalue weighted by Crippen LogP contribution is 2.25. The van der Waals surface area contributed by atoms with Crippen LogP contribution in [0.25, 0.3) is 11.4 Å². The summed E-state index contributed by atoms with van der Waals surface area (Å²) in [4.78, 5) is 12.2. The lowest BCUT2D eigenvalue weighted by atomic mass is 10.2. The van der Waals surface area contributed by atoms with Crippen LogP contribution in [0.15, 0.2) is 53.7 Å². The third kappa shape index (κ3) is 4.09. The number of halogens is 1. The number of nitrogens with one attached hydrogen (secondary N) is 1. The molecular weight excluding hydrogens is 374 g/mol. The van der Waals surface area contributed by atoms with Crippen LogP contribution in [0.5, 0.6) is 5.75 Å². The number of amides is 1. The summed E-state index contributed by atoms with van der Waals surface area (Å²) in [6.45, 7) is 0. The summed E-state index contributed by atoms with van der Waals surface area (Å²) in [5.41, 5.74) is 1.39. The van der Waals surface area contributed by atoms with E-state index < -0.39 is 0 Å². The van der Waals surface area contributed by atoms with Crippen molar-refractivity contribution < 1.29 is 9.53 Å². The van der Waals surface area contributed by atoms with E-state index in [-0.39, 0.29) is 11.7 Å². The largest absolute Gasteiger partial charge is 0.495 e. The van der Waals surface area contributed by atoms with Crippen LogP contribution >= 0.6 is 23.4 Å². The zero-order valence-electron chi connectivity index (χ0n) is 13.8. The lowest BCUT2D eigenvalue weighted by molar-refractivity contribution is -0.113. The van der Waals surface area contributed by atoms with Crippen molar-refractivity contribution in [1.82, 2.24) is 14.9 Å². The fraction of sp³-hybridized carbons (Fsp3) is 0.118. The summed E-state index contributed by atoms with van der Waals surface area (Å²) in [5, 5.41) is 12.0. The number of nitrogens with two attached hydrogens (primary N) is 1. The molecule has 26 heavy (non-hydrogen) atoms. The van der Waals surface area contributed by atoms with E-state index in [4.69, 9.17) is 22.2 Å². The van der Waals surface area contributed by atoms with Gasteiger partial charge in [-0.25, -0.2) is 4.68 Å². The Morgan fingerprint density at radius 1 is 1.23 bits per heavy atom. The van der Waals surface area contributed by atoms with E-state index in [2.05, 4.69) is 15.5 Å². The minimum atomic E-state index is -0.199. The fourth-order valence-corrected chi connectivity index (χ4v) is 3.02. The topological polar surface area (TPSA) is 95.1 Å². The second-order valence-corrected chi connectivity index (χ2v) is 6.60. The molecule has 0 saturated heterocycles. The molecule has 0 saturated carbocycles. The summed E-state index contributed by atoms with van der Waals surface area (Å²) in [5.74, 6) is 7.07. The van der Waals surface area contributed by atoms with Gasteiger partial charge in [0.15, 0.2) is 5.82 Å². The summed E-state index contributed by atoms with van der Waals surface area (Å²) in [6.07, 6.45) is 0. The van der Waals surface area contributed by atoms with Crippen molar-refractivity contribution in [3.8, 4) is 17.1 Å². The minimum absolute atomic E-state index is 0.133. The van der Waals surface area contributed by atoms with E-state index in [0.29, 0.717) is 27.4 Å². The monoisotopic (exact) mass is 389 g/mol. The fourth-order valence-electron chi connectivity index (χ4n) is 2.24. The van der Waals surface area contributed by atoms with E-state index in [0.717, 1.165) is 5.56 Å². The van der Waals surface area contributed by atoms with Gasteiger partial charge in [-0.1, -0.05) is 35.5 Å². The van der Waals surface area contributed by atoms with Crippen molar-refractivity contribution in [1.29, 1.82) is 0 Å². The molecule has 9 heteroatoms. The van der Waals surface area contributed by atoms with Crippen LogP contribution in [0.1, 0.15) is 0 Å². The summed E-state index contributed by atoms with van der Waals surface area (Å²) in [6, 6.07) is 14.3. The molecule has 1 aromatic heterocycles. The standard InChI is InChI=1S/C17H16ClN5O2S/c1-25-14-5-3-2-4-13(14)20-15(24)10-26-17-22-21-16(23(17)19)11-6-8-12(18)9-7-11/h2-9H,10,19H2,1H3,(H,20,24). The Balaban J connectivity index is 1.65. The molecular formula is C17H16ClN5O2S. The lowest BCUT2D eigenvalue weighted by Crippen LogP contribution is -2.16. The highest BCUT2D eigenvalue weighted by atomic mass is 35.5. The molecule has 1 heterocycles. The van der Waals surface area contributed by atoms with Gasteiger partial charge in [0.2, 0.25) is 11.1 Å². The Hall–Kier alpha value is -2.71. The van der Waals surface area contributed by atoms with Crippen LogP contribution in [0.2, 0.25) is 5.02 Å². The van der Waals surface area contributed by atoms with Gasteiger partial charge in [-0.15, -0.1) is 10.2 Å². The number of thioether (sulfide) groups is 1. The van der Waals surface area contributed by atoms with E-state index in [1.54, 1.807) is 43.5 Å². The highest BCUT2D eigenvalue weighted by Gasteiger charge is 2.14. The molecule has 0 aliphatic rings. The van der Waals surface area contributed by atoms with Gasteiger partial charge in [-0.05, 0) is 36.4 Å². The number of hydrogen-bond acceptors (Lipinski definition) is 6. The first kappa shape index (κ1) is 18.1. The van der Waals surface area contributed by atoms with Gasteiger partial charge in [0.05, 0.1) is 18.6 Å². The molecule has 134 valence electrons. The van der Waals surface area contributed by atoms with Crippen LogP contribution in [-0.2, 0) is 4.79 Å². The van der Waals surface area contributed by atoms with Crippen molar-refractivity contribution in [2.24, 2.45) is 0 Å². The van der Waals surface area contributed by atoms with Crippen LogP contribution in [0, 0.1) is 0 Å². The van der Waals surface area contributed by atoms with Crippen molar-refractivity contribution in [2.45, 2.75) is 5.16 Å². The molecule has 3 rings (SSSR count). The van der Waals surface area contributed by atoms with E-state index in [1.165, 1.54) is 16.4 Å². The number of nitrogen functional groups attached to an aromatic ring is 1. The van der Waals surface area contributed by atoms with Gasteiger partial charge < -0.3 is 15.9 Å². The van der Waals surface area contributed by atoms with Gasteiger partial charge in [-0.3, -0.25) is 4.79 Å². The number of methoxy groups -OCH3 is 1. The van der Waals surface area contributed by atoms with Crippen molar-refractivity contribution >= 4 is 35.0 Å². The number of anilines is 1. The number of ether oxygens (including phenoxy) is 1. The normalized spacial score (nSPS) is 10.5. The molecule has 0 fully saturated rings. The first-order valence-electron chi connectivity index (χ1n) is 7.60. The number of rotatable bonds is 6. The Labute approximate surface area is 159 Å². The predicted octanol–water partition coefficient (Wildman–Crippen LogP) is 3.05. The number of para-hydroxylation sites is 2. The van der Waals surface area contributed by atoms with E-state index >= 15 is 0 Å². The molecule has 0 unspecified atom stereocenters. The van der Waals surface area contributed by atoms with Crippen molar-refractivity contribution in [2.75, 3.05) is 24.0 Å². The molecule has 1 amide bonds. The molecule has 0 aliphatic carbocycles. The second kappa shape index (κ2) is 8.11. The van der Waals surface area contributed by atoms with Crippen LogP contribution in [0.4, 0.5) is 5.69 Å². The average Bonchev–Trinajstić information content (AvgIpc) is 3.02. The Morgan fingerprint density at radius 2 is 1.96 bits per heavy atom. The summed E-state index contributed by atoms with van der Waals surface area (Å²) in [7, 11) is 1.55. The third-order valence-electron chi connectivity index (χ3n) is 3.48. The predicted molar refractivity (Wildman–Crippen MR) is 103 cm³/mol. The first-order valence-corrected chi connectivity index (χ1v) is 8.97. The van der Waals surface area contributed by atoms with Crippen LogP contribution < -0.4 is 15.9 Å². The van der Waals surface area contributed by atoms with Gasteiger partial charge >= 0.3 is 0 Å². The Bertz CT molecular complexity index is 914. The molecule has 0 atom stereocenters. The van der Waals surface area contributed by atoms with Crippen molar-refractivity contribution in [3.05, 3.63) is 53.6 Å².